The van der Waals surface area contributed by atoms with Crippen LogP contribution >= 0.6 is 34.3 Å². The Morgan fingerprint density at radius 2 is 2.25 bits per heavy atom. The first-order valence-corrected chi connectivity index (χ1v) is 7.19. The Morgan fingerprint density at radius 3 is 2.88 bits per heavy atom. The molecule has 2 heterocycles. The topological polar surface area (TPSA) is 24.9 Å². The second-order valence-corrected chi connectivity index (χ2v) is 6.10. The second-order valence-electron chi connectivity index (χ2n) is 3.67. The second kappa shape index (κ2) is 5.27. The molecular formula is C11H13ClN2S2. The minimum absolute atomic E-state index is 0.456. The maximum atomic E-state index is 5.91. The molecule has 0 aliphatic carbocycles. The number of thiophene rings is 1. The van der Waals surface area contributed by atoms with Crippen molar-refractivity contribution in [2.45, 2.75) is 12.8 Å². The first-order valence-electron chi connectivity index (χ1n) is 5.05. The van der Waals surface area contributed by atoms with Crippen LogP contribution in [0.1, 0.15) is 17.8 Å². The lowest BCUT2D eigenvalue weighted by molar-refractivity contribution is 0.674. The van der Waals surface area contributed by atoms with Crippen molar-refractivity contribution in [3.05, 3.63) is 26.2 Å². The smallest absolute Gasteiger partial charge is 0.0973 e. The highest BCUT2D eigenvalue weighted by atomic mass is 35.5. The lowest BCUT2D eigenvalue weighted by Gasteiger charge is -2.05. The van der Waals surface area contributed by atoms with Crippen molar-refractivity contribution in [2.75, 3.05) is 13.6 Å². The van der Waals surface area contributed by atoms with E-state index in [2.05, 4.69) is 22.6 Å². The normalized spacial score (nSPS) is 12.9. The van der Waals surface area contributed by atoms with Crippen LogP contribution in [-0.4, -0.2) is 18.6 Å². The maximum absolute atomic E-state index is 5.91. The zero-order chi connectivity index (χ0) is 11.5. The lowest BCUT2D eigenvalue weighted by Crippen LogP contribution is -2.14. The minimum Gasteiger partial charge on any atom is -0.319 e. The number of halogens is 1. The van der Waals surface area contributed by atoms with Gasteiger partial charge in [-0.25, -0.2) is 4.98 Å². The van der Waals surface area contributed by atoms with Gasteiger partial charge < -0.3 is 5.32 Å². The van der Waals surface area contributed by atoms with Crippen molar-refractivity contribution in [2.24, 2.45) is 0 Å². The Morgan fingerprint density at radius 1 is 1.44 bits per heavy atom. The van der Waals surface area contributed by atoms with E-state index in [0.717, 1.165) is 22.1 Å². The van der Waals surface area contributed by atoms with E-state index < -0.39 is 0 Å². The zero-order valence-electron chi connectivity index (χ0n) is 9.16. The quantitative estimate of drug-likeness (QED) is 0.915. The predicted octanol–water partition coefficient (Wildman–Crippen LogP) is 3.85. The van der Waals surface area contributed by atoms with Crippen LogP contribution in [0.5, 0.6) is 0 Å². The van der Waals surface area contributed by atoms with Gasteiger partial charge in [-0.3, -0.25) is 0 Å². The van der Waals surface area contributed by atoms with Gasteiger partial charge in [-0.2, -0.15) is 0 Å². The Bertz CT molecular complexity index is 464. The molecule has 0 aliphatic heterocycles. The Hall–Kier alpha value is -0.420. The highest BCUT2D eigenvalue weighted by Crippen LogP contribution is 2.31. The summed E-state index contributed by atoms with van der Waals surface area (Å²) in [7, 11) is 1.96. The minimum atomic E-state index is 0.456. The van der Waals surface area contributed by atoms with Gasteiger partial charge in [-0.15, -0.1) is 22.7 Å². The van der Waals surface area contributed by atoms with E-state index in [-0.39, 0.29) is 0 Å². The van der Waals surface area contributed by atoms with E-state index in [9.17, 15) is 0 Å². The summed E-state index contributed by atoms with van der Waals surface area (Å²) < 4.78 is 0.813. The summed E-state index contributed by atoms with van der Waals surface area (Å²) in [6, 6.07) is 1.97. The first kappa shape index (κ1) is 12.0. The van der Waals surface area contributed by atoms with E-state index in [1.54, 1.807) is 22.7 Å². The molecule has 0 bridgehead atoms. The summed E-state index contributed by atoms with van der Waals surface area (Å²) in [6.45, 7) is 3.14. The fourth-order valence-corrected chi connectivity index (χ4v) is 3.25. The van der Waals surface area contributed by atoms with Gasteiger partial charge in [0.15, 0.2) is 0 Å². The summed E-state index contributed by atoms with van der Waals surface area (Å²) in [5.74, 6) is 0.456. The molecular weight excluding hydrogens is 260 g/mol. The van der Waals surface area contributed by atoms with Crippen molar-refractivity contribution < 1.29 is 0 Å². The van der Waals surface area contributed by atoms with Crippen molar-refractivity contribution in [3.63, 3.8) is 0 Å². The molecule has 1 N–H and O–H groups in total. The van der Waals surface area contributed by atoms with Gasteiger partial charge in [0.05, 0.1) is 15.0 Å². The molecule has 0 aromatic carbocycles. The van der Waals surface area contributed by atoms with Gasteiger partial charge in [-0.05, 0) is 13.1 Å². The van der Waals surface area contributed by atoms with E-state index in [1.807, 2.05) is 18.5 Å². The van der Waals surface area contributed by atoms with Crippen LogP contribution in [0.3, 0.4) is 0 Å². The molecule has 2 nitrogen and oxygen atoms in total. The van der Waals surface area contributed by atoms with Crippen LogP contribution in [0.15, 0.2) is 16.8 Å². The molecule has 2 aromatic heterocycles. The molecule has 0 amide bonds. The van der Waals surface area contributed by atoms with Gasteiger partial charge in [0, 0.05) is 28.8 Å². The van der Waals surface area contributed by atoms with Crippen molar-refractivity contribution in [1.29, 1.82) is 0 Å². The van der Waals surface area contributed by atoms with E-state index >= 15 is 0 Å². The van der Waals surface area contributed by atoms with Crippen LogP contribution in [0.2, 0.25) is 4.34 Å². The number of nitrogens with zero attached hydrogens (tertiary/aromatic N) is 1. The molecule has 86 valence electrons. The van der Waals surface area contributed by atoms with Crippen molar-refractivity contribution >= 4 is 34.3 Å². The zero-order valence-corrected chi connectivity index (χ0v) is 11.5. The Labute approximate surface area is 108 Å². The molecule has 0 saturated carbocycles. The summed E-state index contributed by atoms with van der Waals surface area (Å²) in [5, 5.41) is 8.48. The molecule has 0 aliphatic rings. The van der Waals surface area contributed by atoms with E-state index in [0.29, 0.717) is 5.92 Å². The van der Waals surface area contributed by atoms with Crippen LogP contribution in [0.4, 0.5) is 0 Å². The fraction of sp³-hybridized carbons (Fsp3) is 0.364. The van der Waals surface area contributed by atoms with Gasteiger partial charge >= 0.3 is 0 Å². The van der Waals surface area contributed by atoms with Gasteiger partial charge in [0.1, 0.15) is 0 Å². The summed E-state index contributed by atoms with van der Waals surface area (Å²) in [4.78, 5) is 4.64. The highest BCUT2D eigenvalue weighted by molar-refractivity contribution is 7.14. The van der Waals surface area contributed by atoms with Crippen LogP contribution < -0.4 is 5.32 Å². The Balaban J connectivity index is 2.19. The monoisotopic (exact) mass is 272 g/mol. The van der Waals surface area contributed by atoms with Gasteiger partial charge in [-0.1, -0.05) is 18.5 Å². The fourth-order valence-electron chi connectivity index (χ4n) is 1.48. The maximum Gasteiger partial charge on any atom is 0.0973 e. The van der Waals surface area contributed by atoms with Crippen LogP contribution in [0, 0.1) is 0 Å². The molecule has 0 saturated heterocycles. The number of rotatable bonds is 4. The molecule has 2 aromatic rings. The molecule has 1 atom stereocenters. The first-order chi connectivity index (χ1) is 7.70. The molecule has 16 heavy (non-hydrogen) atoms. The number of hydrogen-bond acceptors (Lipinski definition) is 4. The third-order valence-electron chi connectivity index (χ3n) is 2.32. The number of likely N-dealkylation sites (N-methyl/N-ethyl adjacent to an activating group) is 1. The number of aromatic nitrogens is 1. The average molecular weight is 273 g/mol. The van der Waals surface area contributed by atoms with Crippen molar-refractivity contribution in [3.8, 4) is 11.3 Å². The summed E-state index contributed by atoms with van der Waals surface area (Å²) in [6.07, 6.45) is 0. The third-order valence-corrected chi connectivity index (χ3v) is 4.48. The molecule has 5 heteroatoms. The van der Waals surface area contributed by atoms with E-state index in [1.165, 1.54) is 5.01 Å². The molecule has 2 rings (SSSR count). The molecule has 0 radical (unpaired) electrons. The Kier molecular flexibility index (Phi) is 3.97. The number of thiazole rings is 1. The third kappa shape index (κ3) is 2.63. The van der Waals surface area contributed by atoms with Gasteiger partial charge in [0.2, 0.25) is 0 Å². The van der Waals surface area contributed by atoms with Crippen LogP contribution in [-0.2, 0) is 0 Å². The SMILES string of the molecule is CNCC(C)c1nc(-c2csc(Cl)c2)cs1. The van der Waals surface area contributed by atoms with Gasteiger partial charge in [0.25, 0.3) is 0 Å². The summed E-state index contributed by atoms with van der Waals surface area (Å²) in [5.41, 5.74) is 2.15. The standard InChI is InChI=1S/C11H13ClN2S2/c1-7(4-13-2)11-14-9(6-16-11)8-3-10(12)15-5-8/h3,5-7,13H,4H2,1-2H3. The molecule has 0 fully saturated rings. The molecule has 1 unspecified atom stereocenters. The molecule has 0 spiro atoms. The lowest BCUT2D eigenvalue weighted by atomic mass is 10.2. The predicted molar refractivity (Wildman–Crippen MR) is 72.8 cm³/mol. The van der Waals surface area contributed by atoms with Crippen molar-refractivity contribution in [1.82, 2.24) is 10.3 Å². The van der Waals surface area contributed by atoms with E-state index in [4.69, 9.17) is 11.6 Å². The largest absolute Gasteiger partial charge is 0.319 e. The van der Waals surface area contributed by atoms with Crippen LogP contribution in [0.25, 0.3) is 11.3 Å². The summed E-state index contributed by atoms with van der Waals surface area (Å²) >= 11 is 9.17. The highest BCUT2D eigenvalue weighted by Gasteiger charge is 2.11. The average Bonchev–Trinajstić information content (AvgIpc) is 2.85. The number of nitrogens with one attached hydrogen (secondary N) is 1. The number of hydrogen-bond donors (Lipinski definition) is 1.